The van der Waals surface area contributed by atoms with Gasteiger partial charge in [-0.1, -0.05) is 43.7 Å². The topological polar surface area (TPSA) is 40.6 Å². The van der Waals surface area contributed by atoms with Gasteiger partial charge < -0.3 is 9.80 Å². The van der Waals surface area contributed by atoms with Crippen LogP contribution in [0.1, 0.15) is 44.6 Å². The van der Waals surface area contributed by atoms with E-state index in [9.17, 15) is 9.59 Å². The van der Waals surface area contributed by atoms with Gasteiger partial charge in [-0.2, -0.15) is 0 Å². The molecule has 1 aromatic rings. The van der Waals surface area contributed by atoms with Crippen LogP contribution in [0.4, 0.5) is 0 Å². The van der Waals surface area contributed by atoms with Crippen molar-refractivity contribution in [3.05, 3.63) is 42.0 Å². The number of carbonyl (C=O) groups is 2. The Kier molecular flexibility index (Phi) is 6.48. The first-order valence-corrected chi connectivity index (χ1v) is 9.98. The molecule has 0 saturated carbocycles. The Morgan fingerprint density at radius 1 is 1.04 bits per heavy atom. The van der Waals surface area contributed by atoms with E-state index in [-0.39, 0.29) is 11.8 Å². The Balaban J connectivity index is 1.48. The first-order chi connectivity index (χ1) is 12.7. The molecule has 0 bridgehead atoms. The van der Waals surface area contributed by atoms with E-state index in [2.05, 4.69) is 11.8 Å². The third kappa shape index (κ3) is 4.75. The normalized spacial score (nSPS) is 22.0. The maximum atomic E-state index is 12.8. The number of nitrogens with zero attached hydrogens (tertiary/aromatic N) is 2. The fourth-order valence-corrected chi connectivity index (χ4v) is 4.04. The second-order valence-electron chi connectivity index (χ2n) is 7.54. The van der Waals surface area contributed by atoms with E-state index in [1.165, 1.54) is 6.42 Å². The maximum Gasteiger partial charge on any atom is 0.246 e. The van der Waals surface area contributed by atoms with Crippen molar-refractivity contribution in [2.24, 2.45) is 11.8 Å². The minimum Gasteiger partial charge on any atom is -0.342 e. The summed E-state index contributed by atoms with van der Waals surface area (Å²) >= 11 is 0. The van der Waals surface area contributed by atoms with Crippen LogP contribution in [0.3, 0.4) is 0 Å². The molecule has 0 radical (unpaired) electrons. The van der Waals surface area contributed by atoms with E-state index in [4.69, 9.17) is 0 Å². The van der Waals surface area contributed by atoms with Crippen LogP contribution >= 0.6 is 0 Å². The summed E-state index contributed by atoms with van der Waals surface area (Å²) in [5, 5.41) is 0. The van der Waals surface area contributed by atoms with E-state index in [1.807, 2.05) is 41.3 Å². The highest BCUT2D eigenvalue weighted by Crippen LogP contribution is 2.25. The smallest absolute Gasteiger partial charge is 0.246 e. The van der Waals surface area contributed by atoms with Crippen molar-refractivity contribution in [3.63, 3.8) is 0 Å². The third-order valence-electron chi connectivity index (χ3n) is 5.78. The van der Waals surface area contributed by atoms with Crippen molar-refractivity contribution < 1.29 is 9.59 Å². The van der Waals surface area contributed by atoms with Gasteiger partial charge in [-0.25, -0.2) is 0 Å². The highest BCUT2D eigenvalue weighted by atomic mass is 16.2. The van der Waals surface area contributed by atoms with Crippen molar-refractivity contribution in [2.75, 3.05) is 26.2 Å². The molecule has 2 amide bonds. The molecule has 1 atom stereocenters. The standard InChI is InChI=1S/C22H30N2O2/c1-2-18-9-6-14-24(17-18)22(26)20-12-15-23(16-13-20)21(25)11-10-19-7-4-3-5-8-19/h3-5,7-8,10-11,18,20H,2,6,9,12-17H2,1H3/b11-10-/t18-/m0/s1. The summed E-state index contributed by atoms with van der Waals surface area (Å²) < 4.78 is 0. The minimum absolute atomic E-state index is 0.0452. The van der Waals surface area contributed by atoms with Crippen LogP contribution in [-0.4, -0.2) is 47.8 Å². The van der Waals surface area contributed by atoms with Crippen molar-refractivity contribution >= 4 is 17.9 Å². The van der Waals surface area contributed by atoms with Gasteiger partial charge in [0.05, 0.1) is 0 Å². The molecule has 2 aliphatic heterocycles. The van der Waals surface area contributed by atoms with Gasteiger partial charge >= 0.3 is 0 Å². The molecule has 140 valence electrons. The zero-order valence-corrected chi connectivity index (χ0v) is 15.8. The van der Waals surface area contributed by atoms with Gasteiger partial charge in [0.1, 0.15) is 0 Å². The number of rotatable bonds is 4. The monoisotopic (exact) mass is 354 g/mol. The first-order valence-electron chi connectivity index (χ1n) is 9.98. The average Bonchev–Trinajstić information content (AvgIpc) is 2.72. The number of likely N-dealkylation sites (tertiary alicyclic amines) is 2. The van der Waals surface area contributed by atoms with Crippen LogP contribution in [-0.2, 0) is 9.59 Å². The summed E-state index contributed by atoms with van der Waals surface area (Å²) in [4.78, 5) is 29.1. The van der Waals surface area contributed by atoms with Crippen LogP contribution in [0.2, 0.25) is 0 Å². The second-order valence-corrected chi connectivity index (χ2v) is 7.54. The molecule has 0 N–H and O–H groups in total. The number of hydrogen-bond acceptors (Lipinski definition) is 2. The Bertz CT molecular complexity index is 633. The molecule has 2 saturated heterocycles. The lowest BCUT2D eigenvalue weighted by Crippen LogP contribution is -2.47. The largest absolute Gasteiger partial charge is 0.342 e. The highest BCUT2D eigenvalue weighted by Gasteiger charge is 2.31. The van der Waals surface area contributed by atoms with Crippen molar-refractivity contribution in [3.8, 4) is 0 Å². The van der Waals surface area contributed by atoms with Crippen LogP contribution in [0.25, 0.3) is 6.08 Å². The molecule has 4 nitrogen and oxygen atoms in total. The SMILES string of the molecule is CC[C@H]1CCCN(C(=O)C2CCN(C(=O)/C=C\c3ccccc3)CC2)C1. The number of piperidine rings is 2. The Labute approximate surface area is 156 Å². The maximum absolute atomic E-state index is 12.8. The molecule has 0 unspecified atom stereocenters. The molecule has 1 aromatic carbocycles. The van der Waals surface area contributed by atoms with Crippen molar-refractivity contribution in [1.29, 1.82) is 0 Å². The number of benzene rings is 1. The summed E-state index contributed by atoms with van der Waals surface area (Å²) in [5.74, 6) is 1.11. The Morgan fingerprint density at radius 2 is 1.77 bits per heavy atom. The molecule has 4 heteroatoms. The van der Waals surface area contributed by atoms with Gasteiger partial charge in [-0.05, 0) is 43.2 Å². The third-order valence-corrected chi connectivity index (χ3v) is 5.78. The van der Waals surface area contributed by atoms with E-state index in [1.54, 1.807) is 6.08 Å². The predicted octanol–water partition coefficient (Wildman–Crippen LogP) is 3.59. The average molecular weight is 354 g/mol. The lowest BCUT2D eigenvalue weighted by Gasteiger charge is -2.37. The molecular formula is C22H30N2O2. The van der Waals surface area contributed by atoms with E-state index in [0.717, 1.165) is 44.3 Å². The molecule has 0 spiro atoms. The van der Waals surface area contributed by atoms with E-state index < -0.39 is 0 Å². The molecule has 0 aromatic heterocycles. The molecule has 0 aliphatic carbocycles. The molecule has 2 fully saturated rings. The molecule has 2 aliphatic rings. The summed E-state index contributed by atoms with van der Waals surface area (Å²) in [6, 6.07) is 9.86. The lowest BCUT2D eigenvalue weighted by molar-refractivity contribution is -0.141. The summed E-state index contributed by atoms with van der Waals surface area (Å²) in [5.41, 5.74) is 1.03. The quantitative estimate of drug-likeness (QED) is 0.776. The minimum atomic E-state index is 0.0452. The lowest BCUT2D eigenvalue weighted by atomic mass is 9.91. The van der Waals surface area contributed by atoms with E-state index >= 15 is 0 Å². The van der Waals surface area contributed by atoms with Gasteiger partial charge in [0.2, 0.25) is 11.8 Å². The van der Waals surface area contributed by atoms with Gasteiger partial charge in [0.15, 0.2) is 0 Å². The van der Waals surface area contributed by atoms with E-state index in [0.29, 0.717) is 24.9 Å². The zero-order valence-electron chi connectivity index (χ0n) is 15.8. The Hall–Kier alpha value is -2.10. The van der Waals surface area contributed by atoms with Gasteiger partial charge in [0.25, 0.3) is 0 Å². The fourth-order valence-electron chi connectivity index (χ4n) is 4.04. The van der Waals surface area contributed by atoms with Crippen LogP contribution in [0.5, 0.6) is 0 Å². The van der Waals surface area contributed by atoms with Gasteiger partial charge in [-0.3, -0.25) is 9.59 Å². The number of amides is 2. The highest BCUT2D eigenvalue weighted by molar-refractivity contribution is 5.92. The zero-order chi connectivity index (χ0) is 18.4. The molecule has 26 heavy (non-hydrogen) atoms. The van der Waals surface area contributed by atoms with Gasteiger partial charge in [-0.15, -0.1) is 0 Å². The van der Waals surface area contributed by atoms with Crippen molar-refractivity contribution in [2.45, 2.75) is 39.0 Å². The van der Waals surface area contributed by atoms with Crippen LogP contribution in [0.15, 0.2) is 36.4 Å². The molecule has 3 rings (SSSR count). The fraction of sp³-hybridized carbons (Fsp3) is 0.545. The number of hydrogen-bond donors (Lipinski definition) is 0. The first kappa shape index (κ1) is 18.7. The predicted molar refractivity (Wildman–Crippen MR) is 104 cm³/mol. The van der Waals surface area contributed by atoms with Crippen LogP contribution in [0, 0.1) is 11.8 Å². The summed E-state index contributed by atoms with van der Waals surface area (Å²) in [6.07, 6.45) is 8.62. The molecule has 2 heterocycles. The second kappa shape index (κ2) is 9.02. The summed E-state index contributed by atoms with van der Waals surface area (Å²) in [6.45, 7) is 5.41. The molecular weight excluding hydrogens is 324 g/mol. The van der Waals surface area contributed by atoms with Crippen molar-refractivity contribution in [1.82, 2.24) is 9.80 Å². The Morgan fingerprint density at radius 3 is 2.46 bits per heavy atom. The van der Waals surface area contributed by atoms with Gasteiger partial charge in [0, 0.05) is 38.2 Å². The number of carbonyl (C=O) groups excluding carboxylic acids is 2. The van der Waals surface area contributed by atoms with Crippen LogP contribution < -0.4 is 0 Å². The summed E-state index contributed by atoms with van der Waals surface area (Å²) in [7, 11) is 0.